The molecule has 190 valence electrons. The number of nitrogens with zero attached hydrogens (tertiary/aromatic N) is 1. The zero-order valence-electron chi connectivity index (χ0n) is 20.3. The van der Waals surface area contributed by atoms with Crippen LogP contribution in [0.3, 0.4) is 0 Å². The van der Waals surface area contributed by atoms with Crippen LogP contribution in [-0.2, 0) is 16.0 Å². The van der Waals surface area contributed by atoms with Crippen molar-refractivity contribution in [1.82, 2.24) is 5.32 Å². The Morgan fingerprint density at radius 1 is 1.00 bits per heavy atom. The van der Waals surface area contributed by atoms with Crippen LogP contribution in [0.4, 0.5) is 15.8 Å². The molecule has 1 aliphatic rings. The highest BCUT2D eigenvalue weighted by Crippen LogP contribution is 2.36. The van der Waals surface area contributed by atoms with Gasteiger partial charge in [-0.05, 0) is 47.9 Å². The van der Waals surface area contributed by atoms with Crippen LogP contribution in [0.5, 0.6) is 0 Å². The zero-order valence-corrected chi connectivity index (χ0v) is 20.3. The van der Waals surface area contributed by atoms with E-state index in [-0.39, 0.29) is 29.2 Å². The number of hydrogen-bond acceptors (Lipinski definition) is 4. The molecule has 0 aliphatic carbocycles. The quantitative estimate of drug-likeness (QED) is 0.453. The Kier molecular flexibility index (Phi) is 7.33. The van der Waals surface area contributed by atoms with E-state index >= 15 is 0 Å². The Labute approximate surface area is 213 Å². The fourth-order valence-electron chi connectivity index (χ4n) is 4.35. The molecule has 0 saturated carbocycles. The zero-order chi connectivity index (χ0) is 26.7. The third kappa shape index (κ3) is 5.50. The Morgan fingerprint density at radius 3 is 2.38 bits per heavy atom. The first-order valence-corrected chi connectivity index (χ1v) is 11.8. The second-order valence-electron chi connectivity index (χ2n) is 9.15. The fraction of sp³-hybridized carbons (Fsp3) is 0.214. The first-order chi connectivity index (χ1) is 17.7. The second-order valence-corrected chi connectivity index (χ2v) is 9.15. The number of hydrogen-bond donors (Lipinski definition) is 3. The Bertz CT molecular complexity index is 1360. The van der Waals surface area contributed by atoms with E-state index in [1.165, 1.54) is 41.3 Å². The SMILES string of the molecule is CC(C)C1C(=O)Nc2cc(C(=O)NC(Cc3ccccc3)C(=O)O)ccc2N1C(=O)c1cccc(F)c1. The van der Waals surface area contributed by atoms with Crippen molar-refractivity contribution in [2.75, 3.05) is 10.2 Å². The molecule has 37 heavy (non-hydrogen) atoms. The van der Waals surface area contributed by atoms with Gasteiger partial charge in [0.2, 0.25) is 5.91 Å². The summed E-state index contributed by atoms with van der Waals surface area (Å²) in [6.07, 6.45) is 0.0928. The van der Waals surface area contributed by atoms with Gasteiger partial charge in [-0.25, -0.2) is 9.18 Å². The lowest BCUT2D eigenvalue weighted by Gasteiger charge is -2.38. The van der Waals surface area contributed by atoms with Crippen LogP contribution in [0.25, 0.3) is 0 Å². The molecule has 2 atom stereocenters. The van der Waals surface area contributed by atoms with Crippen LogP contribution in [0.1, 0.15) is 40.1 Å². The van der Waals surface area contributed by atoms with Crippen LogP contribution in [-0.4, -0.2) is 40.9 Å². The van der Waals surface area contributed by atoms with E-state index in [0.717, 1.165) is 11.6 Å². The number of carbonyl (C=O) groups excluding carboxylic acids is 3. The largest absolute Gasteiger partial charge is 0.480 e. The summed E-state index contributed by atoms with van der Waals surface area (Å²) in [7, 11) is 0. The number of fused-ring (bicyclic) bond motifs is 1. The highest BCUT2D eigenvalue weighted by atomic mass is 19.1. The van der Waals surface area contributed by atoms with Gasteiger partial charge in [0.15, 0.2) is 0 Å². The summed E-state index contributed by atoms with van der Waals surface area (Å²) >= 11 is 0. The standard InChI is InChI=1S/C28H26FN3O5/c1-16(2)24-26(34)30-21-15-18(25(33)31-22(28(36)37)13-17-7-4-3-5-8-17)11-12-23(21)32(24)27(35)19-9-6-10-20(29)14-19/h3-12,14-16,22,24H,13H2,1-2H3,(H,30,34)(H,31,33)(H,36,37). The first-order valence-electron chi connectivity index (χ1n) is 11.8. The molecule has 3 aromatic rings. The Morgan fingerprint density at radius 2 is 1.73 bits per heavy atom. The van der Waals surface area contributed by atoms with Crippen molar-refractivity contribution >= 4 is 35.1 Å². The summed E-state index contributed by atoms with van der Waals surface area (Å²) in [5.41, 5.74) is 1.51. The second kappa shape index (κ2) is 10.6. The molecule has 0 spiro atoms. The summed E-state index contributed by atoms with van der Waals surface area (Å²) in [6, 6.07) is 16.5. The van der Waals surface area contributed by atoms with E-state index in [4.69, 9.17) is 0 Å². The minimum Gasteiger partial charge on any atom is -0.480 e. The van der Waals surface area contributed by atoms with E-state index in [1.54, 1.807) is 38.1 Å². The molecule has 8 nitrogen and oxygen atoms in total. The molecule has 0 saturated heterocycles. The van der Waals surface area contributed by atoms with Gasteiger partial charge in [-0.2, -0.15) is 0 Å². The van der Waals surface area contributed by atoms with E-state index in [2.05, 4.69) is 10.6 Å². The Hall–Kier alpha value is -4.53. The number of nitrogens with one attached hydrogen (secondary N) is 2. The first kappa shape index (κ1) is 25.6. The maximum atomic E-state index is 13.8. The lowest BCUT2D eigenvalue weighted by Crippen LogP contribution is -2.53. The molecular formula is C28H26FN3O5. The monoisotopic (exact) mass is 503 g/mol. The van der Waals surface area contributed by atoms with Gasteiger partial charge in [-0.1, -0.05) is 50.2 Å². The average molecular weight is 504 g/mol. The number of benzene rings is 3. The molecule has 1 aliphatic heterocycles. The van der Waals surface area contributed by atoms with Crippen LogP contribution >= 0.6 is 0 Å². The third-order valence-electron chi connectivity index (χ3n) is 6.13. The summed E-state index contributed by atoms with van der Waals surface area (Å²) < 4.78 is 13.8. The molecular weight excluding hydrogens is 477 g/mol. The molecule has 0 aromatic heterocycles. The predicted octanol–water partition coefficient (Wildman–Crippen LogP) is 3.87. The lowest BCUT2D eigenvalue weighted by molar-refractivity contribution is -0.139. The van der Waals surface area contributed by atoms with Crippen LogP contribution < -0.4 is 15.5 Å². The topological polar surface area (TPSA) is 116 Å². The molecule has 3 N–H and O–H groups in total. The number of carbonyl (C=O) groups is 4. The highest BCUT2D eigenvalue weighted by Gasteiger charge is 2.39. The highest BCUT2D eigenvalue weighted by molar-refractivity contribution is 6.17. The van der Waals surface area contributed by atoms with Gasteiger partial charge >= 0.3 is 5.97 Å². The summed E-state index contributed by atoms with van der Waals surface area (Å²) in [5, 5.41) is 14.9. The molecule has 0 radical (unpaired) electrons. The molecule has 3 amide bonds. The van der Waals surface area contributed by atoms with Crippen molar-refractivity contribution in [3.05, 3.63) is 95.3 Å². The summed E-state index contributed by atoms with van der Waals surface area (Å²) in [5.74, 6) is -3.67. The number of rotatable bonds is 7. The summed E-state index contributed by atoms with van der Waals surface area (Å²) in [4.78, 5) is 52.5. The summed E-state index contributed by atoms with van der Waals surface area (Å²) in [6.45, 7) is 3.59. The van der Waals surface area contributed by atoms with Gasteiger partial charge in [0, 0.05) is 17.5 Å². The lowest BCUT2D eigenvalue weighted by atomic mass is 9.95. The third-order valence-corrected chi connectivity index (χ3v) is 6.13. The van der Waals surface area contributed by atoms with Crippen molar-refractivity contribution in [1.29, 1.82) is 0 Å². The van der Waals surface area contributed by atoms with Gasteiger partial charge in [0.1, 0.15) is 17.9 Å². The van der Waals surface area contributed by atoms with Crippen molar-refractivity contribution in [3.8, 4) is 0 Å². The number of amides is 3. The van der Waals surface area contributed by atoms with Gasteiger partial charge in [-0.15, -0.1) is 0 Å². The molecule has 3 aromatic carbocycles. The van der Waals surface area contributed by atoms with E-state index in [0.29, 0.717) is 5.69 Å². The fourth-order valence-corrected chi connectivity index (χ4v) is 4.35. The number of carboxylic acids is 1. The maximum Gasteiger partial charge on any atom is 0.326 e. The minimum atomic E-state index is -1.19. The molecule has 0 fully saturated rings. The van der Waals surface area contributed by atoms with E-state index in [1.807, 2.05) is 6.07 Å². The van der Waals surface area contributed by atoms with Crippen LogP contribution in [0, 0.1) is 11.7 Å². The van der Waals surface area contributed by atoms with Crippen molar-refractivity contribution in [3.63, 3.8) is 0 Å². The average Bonchev–Trinajstić information content (AvgIpc) is 2.87. The van der Waals surface area contributed by atoms with Gasteiger partial charge < -0.3 is 15.7 Å². The van der Waals surface area contributed by atoms with Crippen molar-refractivity contribution < 1.29 is 28.7 Å². The molecule has 0 bridgehead atoms. The number of anilines is 2. The number of carboxylic acid groups (broad SMARTS) is 1. The molecule has 2 unspecified atom stereocenters. The van der Waals surface area contributed by atoms with E-state index < -0.39 is 41.6 Å². The van der Waals surface area contributed by atoms with Gasteiger partial charge in [0.05, 0.1) is 11.4 Å². The minimum absolute atomic E-state index is 0.0818. The number of aliphatic carboxylic acids is 1. The Balaban J connectivity index is 1.64. The normalized spacial score (nSPS) is 15.5. The smallest absolute Gasteiger partial charge is 0.326 e. The molecule has 1 heterocycles. The van der Waals surface area contributed by atoms with Gasteiger partial charge in [-0.3, -0.25) is 19.3 Å². The number of halogens is 1. The predicted molar refractivity (Wildman–Crippen MR) is 136 cm³/mol. The van der Waals surface area contributed by atoms with E-state index in [9.17, 15) is 28.7 Å². The van der Waals surface area contributed by atoms with Crippen molar-refractivity contribution in [2.24, 2.45) is 5.92 Å². The molecule has 9 heteroatoms. The van der Waals surface area contributed by atoms with Crippen LogP contribution in [0.2, 0.25) is 0 Å². The molecule has 4 rings (SSSR count). The van der Waals surface area contributed by atoms with Gasteiger partial charge in [0.25, 0.3) is 11.8 Å². The van der Waals surface area contributed by atoms with Crippen molar-refractivity contribution in [2.45, 2.75) is 32.4 Å². The maximum absolute atomic E-state index is 13.8. The van der Waals surface area contributed by atoms with Crippen LogP contribution in [0.15, 0.2) is 72.8 Å².